The minimum absolute atomic E-state index is 0.695. The lowest BCUT2D eigenvalue weighted by atomic mass is 10.1. The Balaban J connectivity index is 1.14. The summed E-state index contributed by atoms with van der Waals surface area (Å²) in [6.07, 6.45) is 10.2. The van der Waals surface area contributed by atoms with Crippen LogP contribution < -0.4 is 5.73 Å². The Morgan fingerprint density at radius 3 is 1.42 bits per heavy atom. The second-order valence-corrected chi connectivity index (χ2v) is 14.0. The van der Waals surface area contributed by atoms with Gasteiger partial charge in [-0.1, -0.05) is 97.1 Å². The van der Waals surface area contributed by atoms with Crippen LogP contribution in [0.15, 0.2) is 134 Å². The number of unbranched alkanes of at least 4 members (excludes halogenated alkanes) is 1. The van der Waals surface area contributed by atoms with Gasteiger partial charge in [-0.2, -0.15) is 0 Å². The molecule has 262 valence electrons. The quantitative estimate of drug-likeness (QED) is 0.103. The lowest BCUT2D eigenvalue weighted by Gasteiger charge is -2.23. The molecule has 0 amide bonds. The van der Waals surface area contributed by atoms with Gasteiger partial charge in [-0.3, -0.25) is 14.9 Å². The number of aromatic nitrogens is 4. The monoisotopic (exact) mass is 684 g/mol. The number of pyridine rings is 2. The Morgan fingerprint density at radius 1 is 0.481 bits per heavy atom. The van der Waals surface area contributed by atoms with Gasteiger partial charge in [0.1, 0.15) is 0 Å². The first-order valence-electron chi connectivity index (χ1n) is 19.0. The van der Waals surface area contributed by atoms with Crippen molar-refractivity contribution >= 4 is 43.6 Å². The van der Waals surface area contributed by atoms with Crippen LogP contribution in [0.2, 0.25) is 0 Å². The predicted molar refractivity (Wildman–Crippen MR) is 216 cm³/mol. The molecule has 4 heterocycles. The second-order valence-electron chi connectivity index (χ2n) is 14.0. The highest BCUT2D eigenvalue weighted by atomic mass is 15.1. The van der Waals surface area contributed by atoms with Crippen molar-refractivity contribution < 1.29 is 0 Å². The normalized spacial score (nSPS) is 11.9. The van der Waals surface area contributed by atoms with Gasteiger partial charge in [-0.05, 0) is 87.0 Å². The Kier molecular flexibility index (Phi) is 10.4. The highest BCUT2D eigenvalue weighted by Gasteiger charge is 2.20. The summed E-state index contributed by atoms with van der Waals surface area (Å²) >= 11 is 0. The predicted octanol–water partition coefficient (Wildman–Crippen LogP) is 9.70. The third kappa shape index (κ3) is 7.09. The van der Waals surface area contributed by atoms with E-state index in [1.807, 2.05) is 12.4 Å². The van der Waals surface area contributed by atoms with Crippen molar-refractivity contribution in [3.05, 3.63) is 156 Å². The third-order valence-corrected chi connectivity index (χ3v) is 10.6. The van der Waals surface area contributed by atoms with Crippen LogP contribution in [-0.2, 0) is 39.0 Å². The molecule has 6 nitrogen and oxygen atoms in total. The molecule has 0 radical (unpaired) electrons. The van der Waals surface area contributed by atoms with Crippen LogP contribution in [0.3, 0.4) is 0 Å². The first kappa shape index (κ1) is 33.8. The first-order valence-corrected chi connectivity index (χ1v) is 19.0. The van der Waals surface area contributed by atoms with E-state index >= 15 is 0 Å². The molecule has 0 spiro atoms. The summed E-state index contributed by atoms with van der Waals surface area (Å²) in [6.45, 7) is 4.98. The number of benzene rings is 4. The number of hydrogen-bond donors (Lipinski definition) is 1. The molecule has 52 heavy (non-hydrogen) atoms. The number of hydrogen-bond acceptors (Lipinski definition) is 4. The van der Waals surface area contributed by atoms with Gasteiger partial charge < -0.3 is 14.9 Å². The average Bonchev–Trinajstić information content (AvgIpc) is 3.69. The fraction of sp³-hybridized carbons (Fsp3) is 0.261. The Bertz CT molecular complexity index is 2230. The fourth-order valence-electron chi connectivity index (χ4n) is 8.13. The van der Waals surface area contributed by atoms with Crippen LogP contribution in [0.4, 0.5) is 0 Å². The van der Waals surface area contributed by atoms with Gasteiger partial charge in [0.15, 0.2) is 0 Å². The van der Waals surface area contributed by atoms with E-state index in [0.717, 1.165) is 82.6 Å². The molecule has 0 aliphatic heterocycles. The number of nitrogens with zero attached hydrogens (tertiary/aromatic N) is 5. The van der Waals surface area contributed by atoms with E-state index in [4.69, 9.17) is 15.7 Å². The smallest absolute Gasteiger partial charge is 0.0786 e. The van der Waals surface area contributed by atoms with Gasteiger partial charge in [-0.25, -0.2) is 0 Å². The van der Waals surface area contributed by atoms with Crippen molar-refractivity contribution in [2.75, 3.05) is 13.1 Å². The zero-order valence-corrected chi connectivity index (χ0v) is 30.0. The van der Waals surface area contributed by atoms with E-state index < -0.39 is 0 Å². The first-order chi connectivity index (χ1) is 25.8. The summed E-state index contributed by atoms with van der Waals surface area (Å²) in [5.41, 5.74) is 16.1. The van der Waals surface area contributed by atoms with Gasteiger partial charge >= 0.3 is 0 Å². The van der Waals surface area contributed by atoms with Gasteiger partial charge in [0.25, 0.3) is 0 Å². The summed E-state index contributed by atoms with van der Waals surface area (Å²) in [5.74, 6) is 0. The molecule has 8 rings (SSSR count). The number of rotatable bonds is 16. The van der Waals surface area contributed by atoms with Crippen LogP contribution >= 0.6 is 0 Å². The minimum Gasteiger partial charge on any atom is -0.339 e. The summed E-state index contributed by atoms with van der Waals surface area (Å²) in [5, 5.41) is 5.14. The molecule has 0 saturated carbocycles. The zero-order valence-electron chi connectivity index (χ0n) is 30.0. The molecule has 0 atom stereocenters. The number of nitrogens with two attached hydrogens (primary N) is 1. The number of aryl methyl sites for hydroxylation is 4. The molecule has 4 aromatic heterocycles. The Hall–Kier alpha value is -5.30. The summed E-state index contributed by atoms with van der Waals surface area (Å²) < 4.78 is 5.05. The fourth-order valence-corrected chi connectivity index (χ4v) is 8.13. The van der Waals surface area contributed by atoms with Crippen molar-refractivity contribution in [2.45, 2.75) is 64.7 Å². The van der Waals surface area contributed by atoms with Crippen LogP contribution in [-0.4, -0.2) is 37.1 Å². The minimum atomic E-state index is 0.695. The van der Waals surface area contributed by atoms with E-state index in [0.29, 0.717) is 6.54 Å². The van der Waals surface area contributed by atoms with Crippen molar-refractivity contribution in [2.24, 2.45) is 5.73 Å². The molecular formula is C46H48N6. The highest BCUT2D eigenvalue weighted by Crippen LogP contribution is 2.34. The maximum absolute atomic E-state index is 6.02. The molecule has 4 aromatic carbocycles. The van der Waals surface area contributed by atoms with Crippen LogP contribution in [0.5, 0.6) is 0 Å². The molecule has 8 aromatic rings. The van der Waals surface area contributed by atoms with E-state index in [2.05, 4.69) is 135 Å². The van der Waals surface area contributed by atoms with Gasteiger partial charge in [0.05, 0.1) is 22.4 Å². The van der Waals surface area contributed by atoms with Crippen LogP contribution in [0.25, 0.3) is 43.6 Å². The second kappa shape index (κ2) is 15.9. The molecule has 0 aliphatic rings. The van der Waals surface area contributed by atoms with Crippen molar-refractivity contribution in [3.63, 3.8) is 0 Å². The molecule has 0 bridgehead atoms. The van der Waals surface area contributed by atoms with E-state index in [1.54, 1.807) is 0 Å². The molecule has 0 saturated heterocycles. The molecular weight excluding hydrogens is 637 g/mol. The molecule has 6 heteroatoms. The van der Waals surface area contributed by atoms with Crippen molar-refractivity contribution in [3.8, 4) is 0 Å². The van der Waals surface area contributed by atoms with E-state index in [1.165, 1.54) is 54.7 Å². The summed E-state index contributed by atoms with van der Waals surface area (Å²) in [4.78, 5) is 12.8. The van der Waals surface area contributed by atoms with Crippen LogP contribution in [0.1, 0.15) is 48.2 Å². The lowest BCUT2D eigenvalue weighted by molar-refractivity contribution is 0.247. The Morgan fingerprint density at radius 2 is 0.942 bits per heavy atom. The van der Waals surface area contributed by atoms with Crippen molar-refractivity contribution in [1.82, 2.24) is 24.0 Å². The average molecular weight is 685 g/mol. The standard InChI is InChI=1S/C46H48N6/c47-27-11-12-30-50(33-41-45-39(25-28-48-41)37-21-7-9-23-43(37)51(45)31-13-19-35-15-3-1-4-16-35)34-42-46-40(26-29-49-42)38-22-8-10-24-44(38)52(46)32-14-20-36-17-5-2-6-18-36/h1-10,15-18,21-26,28-29H,11-14,19-20,27,30-34,47H2. The zero-order chi connectivity index (χ0) is 35.1. The van der Waals surface area contributed by atoms with Gasteiger partial charge in [0.2, 0.25) is 0 Å². The lowest BCUT2D eigenvalue weighted by Crippen LogP contribution is -2.26. The summed E-state index contributed by atoms with van der Waals surface area (Å²) in [6, 6.07) is 43.7. The molecule has 0 unspecified atom stereocenters. The van der Waals surface area contributed by atoms with E-state index in [-0.39, 0.29) is 0 Å². The summed E-state index contributed by atoms with van der Waals surface area (Å²) in [7, 11) is 0. The maximum Gasteiger partial charge on any atom is 0.0786 e. The largest absolute Gasteiger partial charge is 0.339 e. The number of para-hydroxylation sites is 2. The third-order valence-electron chi connectivity index (χ3n) is 10.6. The van der Waals surface area contributed by atoms with Gasteiger partial charge in [-0.15, -0.1) is 0 Å². The van der Waals surface area contributed by atoms with Gasteiger partial charge in [0, 0.05) is 71.2 Å². The SMILES string of the molecule is NCCCCN(Cc1nccc2c3ccccc3n(CCCc3ccccc3)c12)Cc1nccc2c3ccccc3n(CCCc3ccccc3)c12. The molecule has 0 aliphatic carbocycles. The molecule has 0 fully saturated rings. The highest BCUT2D eigenvalue weighted by molar-refractivity contribution is 6.09. The van der Waals surface area contributed by atoms with Crippen LogP contribution in [0, 0.1) is 0 Å². The molecule has 2 N–H and O–H groups in total. The maximum atomic E-state index is 6.02. The Labute approximate surface area is 306 Å². The number of fused-ring (bicyclic) bond motifs is 6. The van der Waals surface area contributed by atoms with E-state index in [9.17, 15) is 0 Å². The van der Waals surface area contributed by atoms with Crippen molar-refractivity contribution in [1.29, 1.82) is 0 Å². The topological polar surface area (TPSA) is 64.9 Å².